The highest BCUT2D eigenvalue weighted by molar-refractivity contribution is 8.01. The molecule has 0 spiro atoms. The van der Waals surface area contributed by atoms with Crippen molar-refractivity contribution in [3.8, 4) is 5.69 Å². The van der Waals surface area contributed by atoms with Crippen molar-refractivity contribution in [2.75, 3.05) is 11.5 Å². The quantitative estimate of drug-likeness (QED) is 0.603. The van der Waals surface area contributed by atoms with E-state index in [2.05, 4.69) is 53.5 Å². The molecule has 7 nitrogen and oxygen atoms in total. The molecule has 1 atom stereocenters. The van der Waals surface area contributed by atoms with Crippen molar-refractivity contribution in [1.29, 1.82) is 0 Å². The number of nitrogens with one attached hydrogen (secondary N) is 1. The first kappa shape index (κ1) is 19.9. The number of aromatic nitrogens is 4. The van der Waals surface area contributed by atoms with Gasteiger partial charge in [0.15, 0.2) is 4.34 Å². The number of para-hydroxylation sites is 1. The van der Waals surface area contributed by atoms with Gasteiger partial charge in [0.2, 0.25) is 11.0 Å². The highest BCUT2D eigenvalue weighted by Crippen LogP contribution is 2.41. The average molecular weight is 429 g/mol. The number of aryl methyl sites for hydroxylation is 1. The SMILES string of the molecule is Cc1ccccc1-n1ncc2c1CC(C)(C)C[C@H]2NC(=O)CSc1nnc(N)s1. The van der Waals surface area contributed by atoms with E-state index in [0.29, 0.717) is 9.47 Å². The molecule has 29 heavy (non-hydrogen) atoms. The van der Waals surface area contributed by atoms with Crippen LogP contribution in [0.4, 0.5) is 5.13 Å². The normalized spacial score (nSPS) is 17.7. The number of nitrogen functional groups attached to an aromatic ring is 1. The fourth-order valence-electron chi connectivity index (χ4n) is 3.82. The summed E-state index contributed by atoms with van der Waals surface area (Å²) in [6.45, 7) is 6.57. The van der Waals surface area contributed by atoms with Crippen molar-refractivity contribution in [3.63, 3.8) is 0 Å². The molecule has 1 amide bonds. The van der Waals surface area contributed by atoms with Crippen molar-refractivity contribution < 1.29 is 4.79 Å². The number of carbonyl (C=O) groups excluding carboxylic acids is 1. The largest absolute Gasteiger partial charge is 0.374 e. The monoisotopic (exact) mass is 428 g/mol. The fraction of sp³-hybridized carbons (Fsp3) is 0.400. The van der Waals surface area contributed by atoms with Crippen LogP contribution < -0.4 is 11.1 Å². The van der Waals surface area contributed by atoms with E-state index in [1.165, 1.54) is 34.4 Å². The van der Waals surface area contributed by atoms with Gasteiger partial charge < -0.3 is 11.1 Å². The van der Waals surface area contributed by atoms with Crippen LogP contribution in [-0.2, 0) is 11.2 Å². The summed E-state index contributed by atoms with van der Waals surface area (Å²) in [6.07, 6.45) is 3.70. The Hall–Kier alpha value is -2.39. The van der Waals surface area contributed by atoms with Crippen molar-refractivity contribution in [1.82, 2.24) is 25.3 Å². The van der Waals surface area contributed by atoms with Crippen LogP contribution in [0.5, 0.6) is 0 Å². The highest BCUT2D eigenvalue weighted by atomic mass is 32.2. The number of amides is 1. The molecule has 1 aliphatic carbocycles. The maximum absolute atomic E-state index is 12.6. The lowest BCUT2D eigenvalue weighted by Gasteiger charge is -2.36. The molecule has 0 bridgehead atoms. The number of benzene rings is 1. The smallest absolute Gasteiger partial charge is 0.230 e. The number of hydrogen-bond acceptors (Lipinski definition) is 7. The van der Waals surface area contributed by atoms with E-state index in [0.717, 1.165) is 24.1 Å². The molecule has 1 aromatic carbocycles. The van der Waals surface area contributed by atoms with Gasteiger partial charge in [-0.2, -0.15) is 5.10 Å². The van der Waals surface area contributed by atoms with Gasteiger partial charge in [-0.05, 0) is 36.8 Å². The third kappa shape index (κ3) is 4.30. The summed E-state index contributed by atoms with van der Waals surface area (Å²) in [5.74, 6) is 0.258. The summed E-state index contributed by atoms with van der Waals surface area (Å²) >= 11 is 2.65. The standard InChI is InChI=1S/C20H24N6OS2/c1-12-6-4-5-7-15(12)26-16-9-20(2,3)8-14(13(16)10-22-26)23-17(27)11-28-19-25-24-18(21)29-19/h4-7,10,14H,8-9,11H2,1-3H3,(H2,21,24)(H,23,27)/t14-/m1/s1. The summed E-state index contributed by atoms with van der Waals surface area (Å²) in [7, 11) is 0. The number of nitrogens with zero attached hydrogens (tertiary/aromatic N) is 4. The van der Waals surface area contributed by atoms with Crippen molar-refractivity contribution >= 4 is 34.1 Å². The van der Waals surface area contributed by atoms with Gasteiger partial charge in [-0.1, -0.05) is 55.1 Å². The first-order valence-electron chi connectivity index (χ1n) is 9.46. The van der Waals surface area contributed by atoms with E-state index >= 15 is 0 Å². The Morgan fingerprint density at radius 1 is 1.38 bits per heavy atom. The van der Waals surface area contributed by atoms with Crippen LogP contribution in [0.1, 0.15) is 43.1 Å². The molecular formula is C20H24N6OS2. The number of thioether (sulfide) groups is 1. The molecule has 152 valence electrons. The zero-order valence-corrected chi connectivity index (χ0v) is 18.3. The molecule has 0 aliphatic heterocycles. The van der Waals surface area contributed by atoms with Crippen LogP contribution in [0.25, 0.3) is 5.69 Å². The Bertz CT molecular complexity index is 1040. The van der Waals surface area contributed by atoms with Gasteiger partial charge in [0.1, 0.15) is 0 Å². The van der Waals surface area contributed by atoms with E-state index in [4.69, 9.17) is 5.73 Å². The predicted octanol–water partition coefficient (Wildman–Crippen LogP) is 3.54. The van der Waals surface area contributed by atoms with E-state index < -0.39 is 0 Å². The number of fused-ring (bicyclic) bond motifs is 1. The molecule has 3 aromatic rings. The second-order valence-electron chi connectivity index (χ2n) is 8.10. The summed E-state index contributed by atoms with van der Waals surface area (Å²) in [6, 6.07) is 8.18. The lowest BCUT2D eigenvalue weighted by molar-refractivity contribution is -0.119. The minimum atomic E-state index is -0.0564. The lowest BCUT2D eigenvalue weighted by atomic mass is 9.74. The fourth-order valence-corrected chi connectivity index (χ4v) is 5.27. The molecule has 2 aromatic heterocycles. The average Bonchev–Trinajstić information content (AvgIpc) is 3.26. The third-order valence-corrected chi connectivity index (χ3v) is 6.99. The minimum Gasteiger partial charge on any atom is -0.374 e. The second kappa shape index (κ2) is 7.79. The topological polar surface area (TPSA) is 98.7 Å². The van der Waals surface area contributed by atoms with Gasteiger partial charge in [-0.15, -0.1) is 10.2 Å². The number of anilines is 1. The van der Waals surface area contributed by atoms with E-state index in [9.17, 15) is 4.79 Å². The van der Waals surface area contributed by atoms with Crippen molar-refractivity contribution in [2.24, 2.45) is 5.41 Å². The lowest BCUT2D eigenvalue weighted by Crippen LogP contribution is -2.37. The van der Waals surface area contributed by atoms with E-state index in [1.807, 2.05) is 23.0 Å². The maximum Gasteiger partial charge on any atom is 0.230 e. The van der Waals surface area contributed by atoms with Gasteiger partial charge in [0.25, 0.3) is 0 Å². The van der Waals surface area contributed by atoms with Crippen molar-refractivity contribution in [2.45, 2.75) is 44.0 Å². The molecule has 0 fully saturated rings. The molecule has 0 radical (unpaired) electrons. The minimum absolute atomic E-state index is 0.0268. The third-order valence-electron chi connectivity index (χ3n) is 5.11. The Morgan fingerprint density at radius 3 is 2.90 bits per heavy atom. The first-order valence-corrected chi connectivity index (χ1v) is 11.3. The molecule has 1 aliphatic rings. The number of rotatable bonds is 5. The van der Waals surface area contributed by atoms with Gasteiger partial charge in [-0.25, -0.2) is 4.68 Å². The Kier molecular flexibility index (Phi) is 5.35. The zero-order chi connectivity index (χ0) is 20.6. The summed E-state index contributed by atoms with van der Waals surface area (Å²) in [5, 5.41) is 16.0. The summed E-state index contributed by atoms with van der Waals surface area (Å²) in [4.78, 5) is 12.6. The molecule has 2 heterocycles. The Morgan fingerprint density at radius 2 is 2.17 bits per heavy atom. The van der Waals surface area contributed by atoms with Crippen LogP contribution in [0, 0.1) is 12.3 Å². The first-order chi connectivity index (χ1) is 13.8. The number of hydrogen-bond donors (Lipinski definition) is 2. The molecule has 0 saturated carbocycles. The van der Waals surface area contributed by atoms with Crippen LogP contribution in [0.15, 0.2) is 34.8 Å². The van der Waals surface area contributed by atoms with Crippen molar-refractivity contribution in [3.05, 3.63) is 47.3 Å². The summed E-state index contributed by atoms with van der Waals surface area (Å²) < 4.78 is 2.73. The van der Waals surface area contributed by atoms with Crippen LogP contribution in [0.3, 0.4) is 0 Å². The highest BCUT2D eigenvalue weighted by Gasteiger charge is 2.36. The van der Waals surface area contributed by atoms with Crippen LogP contribution >= 0.6 is 23.1 Å². The van der Waals surface area contributed by atoms with E-state index in [1.54, 1.807) is 0 Å². The van der Waals surface area contributed by atoms with Gasteiger partial charge in [-0.3, -0.25) is 4.79 Å². The Labute approximate surface area is 178 Å². The number of carbonyl (C=O) groups is 1. The van der Waals surface area contributed by atoms with Crippen LogP contribution in [0.2, 0.25) is 0 Å². The molecule has 0 saturated heterocycles. The summed E-state index contributed by atoms with van der Waals surface area (Å²) in [5.41, 5.74) is 10.2. The van der Waals surface area contributed by atoms with Gasteiger partial charge in [0.05, 0.1) is 29.4 Å². The predicted molar refractivity (Wildman–Crippen MR) is 116 cm³/mol. The zero-order valence-electron chi connectivity index (χ0n) is 16.7. The molecule has 4 rings (SSSR count). The van der Waals surface area contributed by atoms with E-state index in [-0.39, 0.29) is 23.1 Å². The second-order valence-corrected chi connectivity index (χ2v) is 10.3. The number of nitrogens with two attached hydrogens (primary N) is 1. The molecular weight excluding hydrogens is 404 g/mol. The molecule has 0 unspecified atom stereocenters. The molecule has 9 heteroatoms. The van der Waals surface area contributed by atoms with Crippen LogP contribution in [-0.4, -0.2) is 31.6 Å². The van der Waals surface area contributed by atoms with Gasteiger partial charge in [0, 0.05) is 5.56 Å². The van der Waals surface area contributed by atoms with Gasteiger partial charge >= 0.3 is 0 Å². The maximum atomic E-state index is 12.6. The Balaban J connectivity index is 1.55. The molecule has 3 N–H and O–H groups in total.